The van der Waals surface area contributed by atoms with Crippen LogP contribution in [0.4, 0.5) is 5.82 Å². The molecule has 1 spiro atoms. The summed E-state index contributed by atoms with van der Waals surface area (Å²) in [6, 6.07) is 8.05. The second kappa shape index (κ2) is 5.28. The van der Waals surface area contributed by atoms with E-state index in [1.165, 1.54) is 12.8 Å². The van der Waals surface area contributed by atoms with Crippen molar-refractivity contribution in [2.24, 2.45) is 5.41 Å². The third-order valence-electron chi connectivity index (χ3n) is 4.88. The number of hydrogen-bond donors (Lipinski definition) is 2. The van der Waals surface area contributed by atoms with Crippen molar-refractivity contribution in [3.05, 3.63) is 35.8 Å². The van der Waals surface area contributed by atoms with Gasteiger partial charge in [0.1, 0.15) is 17.6 Å². The first-order valence-electron chi connectivity index (χ1n) is 7.89. The second-order valence-electron chi connectivity index (χ2n) is 6.40. The first-order chi connectivity index (χ1) is 11.2. The summed E-state index contributed by atoms with van der Waals surface area (Å²) in [4.78, 5) is 13.2. The van der Waals surface area contributed by atoms with E-state index in [2.05, 4.69) is 25.6 Å². The summed E-state index contributed by atoms with van der Waals surface area (Å²) in [6.45, 7) is 4.05. The Morgan fingerprint density at radius 2 is 2.17 bits per heavy atom. The molecule has 0 bridgehead atoms. The van der Waals surface area contributed by atoms with Gasteiger partial charge in [0.05, 0.1) is 5.69 Å². The molecule has 2 aliphatic rings. The number of nitriles is 1. The molecule has 2 N–H and O–H groups in total. The standard InChI is InChI=1S/C17H18N6/c1-11-13(16-20-7-4-12(8-18)22-16)2-3-15(21-11)23-14-9-19-10-17(14)5-6-17/h2-4,7,14,19H,5-6,9-10H2,1H3,(H,21,23)/t14-/m1/s1. The number of nitrogens with one attached hydrogen (secondary N) is 2. The van der Waals surface area contributed by atoms with Crippen LogP contribution >= 0.6 is 0 Å². The summed E-state index contributed by atoms with van der Waals surface area (Å²) in [7, 11) is 0. The molecule has 23 heavy (non-hydrogen) atoms. The van der Waals surface area contributed by atoms with Crippen LogP contribution in [0.25, 0.3) is 11.4 Å². The van der Waals surface area contributed by atoms with Crippen LogP contribution in [0.15, 0.2) is 24.4 Å². The average molecular weight is 306 g/mol. The van der Waals surface area contributed by atoms with Crippen LogP contribution < -0.4 is 10.6 Å². The van der Waals surface area contributed by atoms with Crippen molar-refractivity contribution in [3.8, 4) is 17.5 Å². The first-order valence-corrected chi connectivity index (χ1v) is 7.89. The van der Waals surface area contributed by atoms with Crippen LogP contribution in [0.2, 0.25) is 0 Å². The maximum absolute atomic E-state index is 8.96. The lowest BCUT2D eigenvalue weighted by Gasteiger charge is -2.20. The largest absolute Gasteiger partial charge is 0.365 e. The molecule has 1 aliphatic carbocycles. The molecule has 116 valence electrons. The summed E-state index contributed by atoms with van der Waals surface area (Å²) >= 11 is 0. The van der Waals surface area contributed by atoms with Gasteiger partial charge < -0.3 is 10.6 Å². The number of rotatable bonds is 3. The minimum atomic E-state index is 0.365. The van der Waals surface area contributed by atoms with Crippen LogP contribution in [0.3, 0.4) is 0 Å². The minimum absolute atomic E-state index is 0.365. The highest BCUT2D eigenvalue weighted by Crippen LogP contribution is 2.51. The zero-order valence-corrected chi connectivity index (χ0v) is 13.0. The first kappa shape index (κ1) is 14.1. The molecule has 1 saturated carbocycles. The molecule has 2 aromatic rings. The lowest BCUT2D eigenvalue weighted by Crippen LogP contribution is -2.29. The normalized spacial score (nSPS) is 21.1. The quantitative estimate of drug-likeness (QED) is 0.900. The van der Waals surface area contributed by atoms with Gasteiger partial charge in [-0.1, -0.05) is 0 Å². The number of anilines is 1. The molecule has 0 aromatic carbocycles. The maximum atomic E-state index is 8.96. The fourth-order valence-electron chi connectivity index (χ4n) is 3.30. The molecular formula is C17H18N6. The number of aromatic nitrogens is 3. The van der Waals surface area contributed by atoms with Crippen molar-refractivity contribution in [1.82, 2.24) is 20.3 Å². The number of aryl methyl sites for hydroxylation is 1. The Labute approximate surface area is 135 Å². The number of nitrogens with zero attached hydrogens (tertiary/aromatic N) is 4. The van der Waals surface area contributed by atoms with Crippen molar-refractivity contribution in [3.63, 3.8) is 0 Å². The number of pyridine rings is 1. The van der Waals surface area contributed by atoms with Gasteiger partial charge in [0.2, 0.25) is 0 Å². The van der Waals surface area contributed by atoms with E-state index in [4.69, 9.17) is 5.26 Å². The molecule has 0 amide bonds. The van der Waals surface area contributed by atoms with Gasteiger partial charge in [0, 0.05) is 36.3 Å². The molecular weight excluding hydrogens is 288 g/mol. The lowest BCUT2D eigenvalue weighted by atomic mass is 10.0. The smallest absolute Gasteiger partial charge is 0.162 e. The van der Waals surface area contributed by atoms with E-state index < -0.39 is 0 Å². The van der Waals surface area contributed by atoms with Crippen LogP contribution in [0.5, 0.6) is 0 Å². The van der Waals surface area contributed by atoms with Gasteiger partial charge >= 0.3 is 0 Å². The highest BCUT2D eigenvalue weighted by molar-refractivity contribution is 5.60. The van der Waals surface area contributed by atoms with E-state index in [1.807, 2.05) is 25.1 Å². The highest BCUT2D eigenvalue weighted by Gasteiger charge is 2.52. The maximum Gasteiger partial charge on any atom is 0.162 e. The van der Waals surface area contributed by atoms with Crippen molar-refractivity contribution in [2.75, 3.05) is 18.4 Å². The summed E-state index contributed by atoms with van der Waals surface area (Å²) in [5, 5.41) is 16.0. The van der Waals surface area contributed by atoms with Gasteiger partial charge in [-0.2, -0.15) is 5.26 Å². The SMILES string of the molecule is Cc1nc(N[C@@H]2CNCC23CC3)ccc1-c1nccc(C#N)n1. The molecule has 6 heteroatoms. The molecule has 0 radical (unpaired) electrons. The van der Waals surface area contributed by atoms with Crippen molar-refractivity contribution in [2.45, 2.75) is 25.8 Å². The molecule has 0 unspecified atom stereocenters. The monoisotopic (exact) mass is 306 g/mol. The molecule has 1 aliphatic heterocycles. The van der Waals surface area contributed by atoms with Gasteiger partial charge in [0.25, 0.3) is 0 Å². The zero-order valence-electron chi connectivity index (χ0n) is 13.0. The third kappa shape index (κ3) is 2.53. The summed E-state index contributed by atoms with van der Waals surface area (Å²) < 4.78 is 0. The van der Waals surface area contributed by atoms with Crippen LogP contribution in [0.1, 0.15) is 24.2 Å². The van der Waals surface area contributed by atoms with Crippen molar-refractivity contribution < 1.29 is 0 Å². The topological polar surface area (TPSA) is 86.5 Å². The molecule has 2 aromatic heterocycles. The Balaban J connectivity index is 1.58. The van der Waals surface area contributed by atoms with Crippen LogP contribution in [-0.2, 0) is 0 Å². The van der Waals surface area contributed by atoms with E-state index >= 15 is 0 Å². The fraction of sp³-hybridized carbons (Fsp3) is 0.412. The Morgan fingerprint density at radius 1 is 1.30 bits per heavy atom. The molecule has 3 heterocycles. The van der Waals surface area contributed by atoms with Gasteiger partial charge in [-0.05, 0) is 38.0 Å². The lowest BCUT2D eigenvalue weighted by molar-refractivity contribution is 0.523. The van der Waals surface area contributed by atoms with Crippen LogP contribution in [0, 0.1) is 23.7 Å². The predicted octanol–water partition coefficient (Wildman–Crippen LogP) is 1.88. The fourth-order valence-corrected chi connectivity index (χ4v) is 3.30. The Hall–Kier alpha value is -2.52. The average Bonchev–Trinajstić information content (AvgIpc) is 3.24. The molecule has 1 saturated heterocycles. The second-order valence-corrected chi connectivity index (χ2v) is 6.40. The molecule has 6 nitrogen and oxygen atoms in total. The van der Waals surface area contributed by atoms with E-state index in [9.17, 15) is 0 Å². The Morgan fingerprint density at radius 3 is 2.91 bits per heavy atom. The molecule has 1 atom stereocenters. The predicted molar refractivity (Wildman–Crippen MR) is 86.7 cm³/mol. The van der Waals surface area contributed by atoms with Crippen molar-refractivity contribution in [1.29, 1.82) is 5.26 Å². The van der Waals surface area contributed by atoms with Gasteiger partial charge in [-0.25, -0.2) is 15.0 Å². The third-order valence-corrected chi connectivity index (χ3v) is 4.88. The summed E-state index contributed by atoms with van der Waals surface area (Å²) in [5.41, 5.74) is 2.53. The highest BCUT2D eigenvalue weighted by atomic mass is 15.1. The number of hydrogen-bond acceptors (Lipinski definition) is 6. The van der Waals surface area contributed by atoms with E-state index in [-0.39, 0.29) is 0 Å². The van der Waals surface area contributed by atoms with Gasteiger partial charge in [-0.3, -0.25) is 0 Å². The van der Waals surface area contributed by atoms with Crippen molar-refractivity contribution >= 4 is 5.82 Å². The van der Waals surface area contributed by atoms with E-state index in [0.29, 0.717) is 23.0 Å². The minimum Gasteiger partial charge on any atom is -0.365 e. The van der Waals surface area contributed by atoms with E-state index in [1.54, 1.807) is 12.3 Å². The van der Waals surface area contributed by atoms with Gasteiger partial charge in [0.15, 0.2) is 5.82 Å². The summed E-state index contributed by atoms with van der Waals surface area (Å²) in [5.74, 6) is 1.43. The van der Waals surface area contributed by atoms with E-state index in [0.717, 1.165) is 30.2 Å². The zero-order chi connectivity index (χ0) is 15.9. The Bertz CT molecular complexity index is 790. The molecule has 2 fully saturated rings. The molecule has 4 rings (SSSR count). The Kier molecular flexibility index (Phi) is 3.24. The summed E-state index contributed by atoms with van der Waals surface area (Å²) in [6.07, 6.45) is 4.20. The van der Waals surface area contributed by atoms with Gasteiger partial charge in [-0.15, -0.1) is 0 Å². The van der Waals surface area contributed by atoms with Crippen LogP contribution in [-0.4, -0.2) is 34.1 Å².